The molecule has 1 heterocycles. The molecule has 6 nitrogen and oxygen atoms in total. The number of guanidine groups is 1. The molecule has 7 heteroatoms. The minimum atomic E-state index is -3.84. The minimum absolute atomic E-state index is 0.151. The molecule has 0 radical (unpaired) electrons. The highest BCUT2D eigenvalue weighted by atomic mass is 32.2. The lowest BCUT2D eigenvalue weighted by Crippen LogP contribution is -2.46. The first-order valence-electron chi connectivity index (χ1n) is 10.1. The number of aliphatic imine (C=N–C) groups is 1. The highest BCUT2D eigenvalue weighted by molar-refractivity contribution is 7.90. The van der Waals surface area contributed by atoms with Crippen molar-refractivity contribution in [3.05, 3.63) is 102 Å². The Morgan fingerprint density at radius 3 is 2.10 bits per heavy atom. The van der Waals surface area contributed by atoms with Gasteiger partial charge in [-0.2, -0.15) is 0 Å². The third-order valence-electron chi connectivity index (χ3n) is 5.26. The van der Waals surface area contributed by atoms with Crippen LogP contribution in [0, 0.1) is 6.92 Å². The van der Waals surface area contributed by atoms with Gasteiger partial charge in [0.2, 0.25) is 5.96 Å². The van der Waals surface area contributed by atoms with Gasteiger partial charge in [-0.3, -0.25) is 0 Å². The van der Waals surface area contributed by atoms with Gasteiger partial charge in [-0.05, 0) is 36.6 Å². The van der Waals surface area contributed by atoms with Crippen molar-refractivity contribution in [1.82, 2.24) is 9.62 Å². The van der Waals surface area contributed by atoms with Crippen molar-refractivity contribution < 1.29 is 13.5 Å². The highest BCUT2D eigenvalue weighted by Crippen LogP contribution is 2.23. The summed E-state index contributed by atoms with van der Waals surface area (Å²) in [5, 5.41) is 11.0. The van der Waals surface area contributed by atoms with E-state index in [2.05, 4.69) is 9.71 Å². The second kappa shape index (κ2) is 8.91. The quantitative estimate of drug-likeness (QED) is 0.624. The van der Waals surface area contributed by atoms with E-state index in [1.54, 1.807) is 29.2 Å². The lowest BCUT2D eigenvalue weighted by Gasteiger charge is -2.26. The van der Waals surface area contributed by atoms with Crippen LogP contribution in [0.1, 0.15) is 16.7 Å². The fraction of sp³-hybridized carbons (Fsp3) is 0.208. The molecule has 2 unspecified atom stereocenters. The average Bonchev–Trinajstić information content (AvgIpc) is 3.04. The summed E-state index contributed by atoms with van der Waals surface area (Å²) in [4.78, 5) is 6.33. The second-order valence-corrected chi connectivity index (χ2v) is 9.34. The molecular formula is C24H25N3O3S. The normalized spacial score (nSPS) is 18.6. The van der Waals surface area contributed by atoms with E-state index in [0.29, 0.717) is 13.0 Å². The average molecular weight is 436 g/mol. The Balaban J connectivity index is 1.62. The van der Waals surface area contributed by atoms with Crippen LogP contribution in [0.4, 0.5) is 0 Å². The van der Waals surface area contributed by atoms with E-state index in [1.807, 2.05) is 67.6 Å². The first-order valence-corrected chi connectivity index (χ1v) is 11.6. The zero-order chi connectivity index (χ0) is 21.8. The molecular weight excluding hydrogens is 410 g/mol. The maximum atomic E-state index is 13.0. The Morgan fingerprint density at radius 1 is 0.903 bits per heavy atom. The molecule has 0 aromatic heterocycles. The van der Waals surface area contributed by atoms with Crippen LogP contribution in [0.5, 0.6) is 0 Å². The molecule has 2 N–H and O–H groups in total. The van der Waals surface area contributed by atoms with Crippen LogP contribution in [-0.2, 0) is 23.0 Å². The molecule has 160 valence electrons. The SMILES string of the molecule is Cc1ccc(S(=O)(=O)NC2=NC(Cc3ccccc3)C(O)N2Cc2ccccc2)cc1. The van der Waals surface area contributed by atoms with Gasteiger partial charge < -0.3 is 10.0 Å². The molecule has 0 fully saturated rings. The summed E-state index contributed by atoms with van der Waals surface area (Å²) in [5.74, 6) is 0.151. The number of rotatable bonds is 6. The van der Waals surface area contributed by atoms with Crippen molar-refractivity contribution in [1.29, 1.82) is 0 Å². The smallest absolute Gasteiger partial charge is 0.264 e. The lowest BCUT2D eigenvalue weighted by atomic mass is 10.1. The number of aryl methyl sites for hydroxylation is 1. The van der Waals surface area contributed by atoms with Crippen LogP contribution in [0.25, 0.3) is 0 Å². The molecule has 31 heavy (non-hydrogen) atoms. The summed E-state index contributed by atoms with van der Waals surface area (Å²) >= 11 is 0. The van der Waals surface area contributed by atoms with E-state index in [-0.39, 0.29) is 10.9 Å². The predicted octanol–water partition coefficient (Wildman–Crippen LogP) is 3.07. The van der Waals surface area contributed by atoms with Gasteiger partial charge in [0.1, 0.15) is 6.04 Å². The Hall–Kier alpha value is -3.16. The molecule has 4 rings (SSSR count). The molecule has 3 aromatic carbocycles. The molecule has 0 spiro atoms. The van der Waals surface area contributed by atoms with Gasteiger partial charge in [-0.15, -0.1) is 0 Å². The fourth-order valence-corrected chi connectivity index (χ4v) is 4.59. The first kappa shape index (κ1) is 21.1. The maximum absolute atomic E-state index is 13.0. The van der Waals surface area contributed by atoms with Gasteiger partial charge >= 0.3 is 0 Å². The van der Waals surface area contributed by atoms with Crippen molar-refractivity contribution in [2.45, 2.75) is 37.1 Å². The largest absolute Gasteiger partial charge is 0.371 e. The van der Waals surface area contributed by atoms with Crippen molar-refractivity contribution in [3.8, 4) is 0 Å². The van der Waals surface area contributed by atoms with Gasteiger partial charge in [-0.1, -0.05) is 78.4 Å². The summed E-state index contributed by atoms with van der Waals surface area (Å²) in [7, 11) is -3.84. The van der Waals surface area contributed by atoms with Crippen LogP contribution in [0.3, 0.4) is 0 Å². The fourth-order valence-electron chi connectivity index (χ4n) is 3.57. The standard InChI is InChI=1S/C24H25N3O3S/c1-18-12-14-21(15-13-18)31(29,30)26-24-25-22(16-19-8-4-2-5-9-19)23(28)27(24)17-20-10-6-3-7-11-20/h2-15,22-23,28H,16-17H2,1H3,(H,25,26). The van der Waals surface area contributed by atoms with Crippen LogP contribution < -0.4 is 4.72 Å². The van der Waals surface area contributed by atoms with Crippen LogP contribution in [0.2, 0.25) is 0 Å². The van der Waals surface area contributed by atoms with Gasteiger partial charge in [0.05, 0.1) is 4.90 Å². The van der Waals surface area contributed by atoms with Gasteiger partial charge in [0.15, 0.2) is 6.23 Å². The van der Waals surface area contributed by atoms with E-state index in [9.17, 15) is 13.5 Å². The van der Waals surface area contributed by atoms with Crippen LogP contribution in [0.15, 0.2) is 94.8 Å². The van der Waals surface area contributed by atoms with Gasteiger partial charge in [0, 0.05) is 6.54 Å². The first-order chi connectivity index (χ1) is 14.9. The monoisotopic (exact) mass is 435 g/mol. The van der Waals surface area contributed by atoms with Gasteiger partial charge in [-0.25, -0.2) is 18.1 Å². The van der Waals surface area contributed by atoms with E-state index in [4.69, 9.17) is 0 Å². The number of benzene rings is 3. The Bertz CT molecular complexity index is 1150. The Morgan fingerprint density at radius 2 is 1.48 bits per heavy atom. The molecule has 2 atom stereocenters. The van der Waals surface area contributed by atoms with E-state index in [1.165, 1.54) is 0 Å². The van der Waals surface area contributed by atoms with Crippen LogP contribution in [-0.4, -0.2) is 36.7 Å². The van der Waals surface area contributed by atoms with Crippen molar-refractivity contribution in [3.63, 3.8) is 0 Å². The molecule has 0 amide bonds. The Kier molecular flexibility index (Phi) is 6.06. The number of hydrogen-bond donors (Lipinski definition) is 2. The zero-order valence-electron chi connectivity index (χ0n) is 17.2. The number of nitrogens with zero attached hydrogens (tertiary/aromatic N) is 2. The summed E-state index contributed by atoms with van der Waals surface area (Å²) < 4.78 is 28.5. The van der Waals surface area contributed by atoms with E-state index >= 15 is 0 Å². The third kappa shape index (κ3) is 4.95. The predicted molar refractivity (Wildman–Crippen MR) is 121 cm³/mol. The highest BCUT2D eigenvalue weighted by Gasteiger charge is 2.36. The zero-order valence-corrected chi connectivity index (χ0v) is 18.0. The van der Waals surface area contributed by atoms with E-state index < -0.39 is 22.3 Å². The van der Waals surface area contributed by atoms with Crippen molar-refractivity contribution in [2.75, 3.05) is 0 Å². The second-order valence-electron chi connectivity index (χ2n) is 7.66. The van der Waals surface area contributed by atoms with Gasteiger partial charge in [0.25, 0.3) is 10.0 Å². The summed E-state index contributed by atoms with van der Waals surface area (Å²) in [6.07, 6.45) is -0.445. The summed E-state index contributed by atoms with van der Waals surface area (Å²) in [5.41, 5.74) is 2.95. The molecule has 0 aliphatic carbocycles. The van der Waals surface area contributed by atoms with E-state index in [0.717, 1.165) is 16.7 Å². The number of aliphatic hydroxyl groups is 1. The van der Waals surface area contributed by atoms with Crippen molar-refractivity contribution in [2.24, 2.45) is 4.99 Å². The number of nitrogens with one attached hydrogen (secondary N) is 1. The summed E-state index contributed by atoms with van der Waals surface area (Å²) in [6, 6.07) is 25.5. The molecule has 1 aliphatic heterocycles. The molecule has 0 saturated carbocycles. The molecule has 0 saturated heterocycles. The lowest BCUT2D eigenvalue weighted by molar-refractivity contribution is 0.0423. The third-order valence-corrected chi connectivity index (χ3v) is 6.61. The number of sulfonamides is 1. The topological polar surface area (TPSA) is 82.0 Å². The van der Waals surface area contributed by atoms with Crippen molar-refractivity contribution >= 4 is 16.0 Å². The maximum Gasteiger partial charge on any atom is 0.264 e. The summed E-state index contributed by atoms with van der Waals surface area (Å²) in [6.45, 7) is 2.24. The van der Waals surface area contributed by atoms with Crippen LogP contribution >= 0.6 is 0 Å². The Labute approximate surface area is 182 Å². The molecule has 0 bridgehead atoms. The molecule has 3 aromatic rings. The molecule has 1 aliphatic rings. The number of aliphatic hydroxyl groups excluding tert-OH is 1. The minimum Gasteiger partial charge on any atom is -0.371 e. The number of hydrogen-bond acceptors (Lipinski definition) is 5.